The van der Waals surface area contributed by atoms with E-state index in [1.54, 1.807) is 6.92 Å². The summed E-state index contributed by atoms with van der Waals surface area (Å²) in [4.78, 5) is 37.9. The number of benzene rings is 1. The predicted molar refractivity (Wildman–Crippen MR) is 69.5 cm³/mol. The molecule has 0 aliphatic carbocycles. The molecule has 0 N–H and O–H groups in total. The molecule has 1 fully saturated rings. The molecule has 0 atom stereocenters. The normalized spacial score (nSPS) is 15.6. The Kier molecular flexibility index (Phi) is 4.30. The molecule has 0 bridgehead atoms. The number of halogens is 2. The molecule has 2 rings (SSSR count). The summed E-state index contributed by atoms with van der Waals surface area (Å²) in [5, 5.41) is 0. The van der Waals surface area contributed by atoms with E-state index in [1.165, 1.54) is 4.90 Å². The van der Waals surface area contributed by atoms with Crippen LogP contribution in [0.1, 0.15) is 17.3 Å². The van der Waals surface area contributed by atoms with Gasteiger partial charge in [-0.1, -0.05) is 0 Å². The summed E-state index contributed by atoms with van der Waals surface area (Å²) in [5.41, 5.74) is -0.423. The number of hydrogen-bond donors (Lipinski definition) is 0. The summed E-state index contributed by atoms with van der Waals surface area (Å²) < 4.78 is 26.6. The largest absolute Gasteiger partial charge is 0.333 e. The molecule has 0 unspecified atom stereocenters. The summed E-state index contributed by atoms with van der Waals surface area (Å²) in [6.45, 7) is 2.22. The first-order valence-electron chi connectivity index (χ1n) is 6.50. The lowest BCUT2D eigenvalue weighted by Gasteiger charge is -2.32. The molecule has 1 heterocycles. The quantitative estimate of drug-likeness (QED) is 0.611. The number of carbonyl (C=O) groups is 3. The second-order valence-electron chi connectivity index (χ2n) is 4.66. The number of carbonyl (C=O) groups excluding carboxylic acids is 3. The van der Waals surface area contributed by atoms with Crippen LogP contribution in [0.15, 0.2) is 18.2 Å². The zero-order valence-electron chi connectivity index (χ0n) is 11.4. The second kappa shape index (κ2) is 5.99. The molecule has 1 saturated heterocycles. The van der Waals surface area contributed by atoms with Crippen LogP contribution in [0.4, 0.5) is 8.78 Å². The fraction of sp³-hybridized carbons (Fsp3) is 0.357. The minimum atomic E-state index is -0.854. The zero-order chi connectivity index (χ0) is 15.6. The molecule has 1 aromatic rings. The Morgan fingerprint density at radius 2 is 1.76 bits per heavy atom. The number of likely N-dealkylation sites (N-methyl/N-ethyl adjacent to an activating group) is 1. The SMILES string of the molecule is CCN1CCN(CC(=O)c2cc(F)ccc2F)C(=O)C1=O. The molecule has 7 heteroatoms. The number of piperazine rings is 1. The molecule has 1 aliphatic heterocycles. The lowest BCUT2D eigenvalue weighted by molar-refractivity contribution is -0.155. The molecule has 0 saturated carbocycles. The highest BCUT2D eigenvalue weighted by Gasteiger charge is 2.33. The average Bonchev–Trinajstić information content (AvgIpc) is 2.46. The van der Waals surface area contributed by atoms with Crippen molar-refractivity contribution in [3.63, 3.8) is 0 Å². The van der Waals surface area contributed by atoms with Crippen LogP contribution in [0.25, 0.3) is 0 Å². The minimum absolute atomic E-state index is 0.196. The van der Waals surface area contributed by atoms with E-state index < -0.39 is 41.3 Å². The van der Waals surface area contributed by atoms with Gasteiger partial charge in [0.15, 0.2) is 5.78 Å². The third-order valence-electron chi connectivity index (χ3n) is 3.34. The molecular formula is C14H14F2N2O3. The molecule has 1 aliphatic rings. The van der Waals surface area contributed by atoms with Gasteiger partial charge in [0.2, 0.25) is 0 Å². The van der Waals surface area contributed by atoms with E-state index in [9.17, 15) is 23.2 Å². The van der Waals surface area contributed by atoms with Gasteiger partial charge in [-0.05, 0) is 25.1 Å². The van der Waals surface area contributed by atoms with Crippen molar-refractivity contribution in [1.82, 2.24) is 9.80 Å². The molecule has 5 nitrogen and oxygen atoms in total. The summed E-state index contributed by atoms with van der Waals surface area (Å²) in [6.07, 6.45) is 0. The van der Waals surface area contributed by atoms with E-state index in [0.29, 0.717) is 13.1 Å². The minimum Gasteiger partial charge on any atom is -0.333 e. The maximum absolute atomic E-state index is 13.5. The third kappa shape index (κ3) is 3.07. The molecule has 0 radical (unpaired) electrons. The van der Waals surface area contributed by atoms with E-state index >= 15 is 0 Å². The van der Waals surface area contributed by atoms with Crippen LogP contribution in [0, 0.1) is 11.6 Å². The van der Waals surface area contributed by atoms with Gasteiger partial charge in [0, 0.05) is 19.6 Å². The van der Waals surface area contributed by atoms with Gasteiger partial charge in [-0.3, -0.25) is 14.4 Å². The van der Waals surface area contributed by atoms with Crippen molar-refractivity contribution < 1.29 is 23.2 Å². The zero-order valence-corrected chi connectivity index (χ0v) is 11.4. The Morgan fingerprint density at radius 3 is 2.43 bits per heavy atom. The van der Waals surface area contributed by atoms with Crippen molar-refractivity contribution in [2.24, 2.45) is 0 Å². The van der Waals surface area contributed by atoms with Crippen LogP contribution >= 0.6 is 0 Å². The van der Waals surface area contributed by atoms with E-state index in [0.717, 1.165) is 23.1 Å². The lowest BCUT2D eigenvalue weighted by Crippen LogP contribution is -2.55. The number of hydrogen-bond acceptors (Lipinski definition) is 3. The number of rotatable bonds is 4. The Bertz CT molecular complexity index is 604. The molecule has 0 aromatic heterocycles. The fourth-order valence-corrected chi connectivity index (χ4v) is 2.14. The van der Waals surface area contributed by atoms with E-state index in [2.05, 4.69) is 0 Å². The highest BCUT2D eigenvalue weighted by Crippen LogP contribution is 2.12. The Balaban J connectivity index is 2.11. The number of nitrogens with zero attached hydrogens (tertiary/aromatic N) is 2. The van der Waals surface area contributed by atoms with Crippen LogP contribution in [-0.4, -0.2) is 53.6 Å². The molecule has 0 spiro atoms. The van der Waals surface area contributed by atoms with Crippen molar-refractivity contribution >= 4 is 17.6 Å². The maximum atomic E-state index is 13.5. The van der Waals surface area contributed by atoms with Gasteiger partial charge in [-0.2, -0.15) is 0 Å². The molecule has 1 aromatic carbocycles. The Morgan fingerprint density at radius 1 is 1.14 bits per heavy atom. The van der Waals surface area contributed by atoms with E-state index in [1.807, 2.05) is 0 Å². The van der Waals surface area contributed by atoms with E-state index in [4.69, 9.17) is 0 Å². The summed E-state index contributed by atoms with van der Waals surface area (Å²) >= 11 is 0. The van der Waals surface area contributed by atoms with Crippen LogP contribution in [-0.2, 0) is 9.59 Å². The summed E-state index contributed by atoms with van der Waals surface area (Å²) in [5.74, 6) is -3.81. The number of Topliss-reactive ketones (excluding diaryl/α,β-unsaturated/α-hetero) is 1. The Hall–Kier alpha value is -2.31. The molecular weight excluding hydrogens is 282 g/mol. The van der Waals surface area contributed by atoms with Gasteiger partial charge in [0.25, 0.3) is 0 Å². The summed E-state index contributed by atoms with van der Waals surface area (Å²) in [6, 6.07) is 2.54. The average molecular weight is 296 g/mol. The van der Waals surface area contributed by atoms with Gasteiger partial charge in [-0.25, -0.2) is 8.78 Å². The van der Waals surface area contributed by atoms with Crippen molar-refractivity contribution in [3.05, 3.63) is 35.4 Å². The highest BCUT2D eigenvalue weighted by atomic mass is 19.1. The maximum Gasteiger partial charge on any atom is 0.312 e. The topological polar surface area (TPSA) is 57.7 Å². The van der Waals surface area contributed by atoms with Crippen LogP contribution in [0.5, 0.6) is 0 Å². The fourth-order valence-electron chi connectivity index (χ4n) is 2.14. The third-order valence-corrected chi connectivity index (χ3v) is 3.34. The first-order chi connectivity index (χ1) is 9.93. The number of amides is 2. The molecule has 2 amide bonds. The summed E-state index contributed by atoms with van der Waals surface area (Å²) in [7, 11) is 0. The van der Waals surface area contributed by atoms with Gasteiger partial charge < -0.3 is 9.80 Å². The van der Waals surface area contributed by atoms with Gasteiger partial charge in [0.05, 0.1) is 12.1 Å². The Labute approximate surface area is 120 Å². The van der Waals surface area contributed by atoms with Crippen molar-refractivity contribution in [2.75, 3.05) is 26.2 Å². The van der Waals surface area contributed by atoms with E-state index in [-0.39, 0.29) is 6.54 Å². The predicted octanol–water partition coefficient (Wildman–Crippen LogP) is 0.838. The van der Waals surface area contributed by atoms with Crippen molar-refractivity contribution in [2.45, 2.75) is 6.92 Å². The molecule has 112 valence electrons. The monoisotopic (exact) mass is 296 g/mol. The van der Waals surface area contributed by atoms with Crippen LogP contribution in [0.2, 0.25) is 0 Å². The van der Waals surface area contributed by atoms with Gasteiger partial charge >= 0.3 is 11.8 Å². The van der Waals surface area contributed by atoms with Gasteiger partial charge in [0.1, 0.15) is 11.6 Å². The van der Waals surface area contributed by atoms with Crippen molar-refractivity contribution in [1.29, 1.82) is 0 Å². The first kappa shape index (κ1) is 15.1. The number of ketones is 1. The lowest BCUT2D eigenvalue weighted by atomic mass is 10.1. The highest BCUT2D eigenvalue weighted by molar-refractivity contribution is 6.35. The first-order valence-corrected chi connectivity index (χ1v) is 6.50. The van der Waals surface area contributed by atoms with Crippen molar-refractivity contribution in [3.8, 4) is 0 Å². The van der Waals surface area contributed by atoms with Crippen LogP contribution in [0.3, 0.4) is 0 Å². The van der Waals surface area contributed by atoms with Crippen LogP contribution < -0.4 is 0 Å². The van der Waals surface area contributed by atoms with Gasteiger partial charge in [-0.15, -0.1) is 0 Å². The smallest absolute Gasteiger partial charge is 0.312 e. The standard InChI is InChI=1S/C14H14F2N2O3/c1-2-17-5-6-18(14(21)13(17)20)8-12(19)10-7-9(15)3-4-11(10)16/h3-4,7H,2,5-6,8H2,1H3. The molecule has 21 heavy (non-hydrogen) atoms. The second-order valence-corrected chi connectivity index (χ2v) is 4.66.